The lowest BCUT2D eigenvalue weighted by molar-refractivity contribution is -0.131. The van der Waals surface area contributed by atoms with Gasteiger partial charge in [-0.2, -0.15) is 0 Å². The number of carbonyl (C=O) groups is 2. The predicted octanol–water partition coefficient (Wildman–Crippen LogP) is 2.81. The van der Waals surface area contributed by atoms with Crippen molar-refractivity contribution < 1.29 is 9.59 Å². The number of halogens is 1. The van der Waals surface area contributed by atoms with Crippen LogP contribution in [0.2, 0.25) is 5.02 Å². The van der Waals surface area contributed by atoms with Crippen LogP contribution >= 0.6 is 11.6 Å². The van der Waals surface area contributed by atoms with Crippen LogP contribution in [0.4, 0.5) is 0 Å². The molecule has 1 aliphatic rings. The molecule has 6 heteroatoms. The van der Waals surface area contributed by atoms with Crippen molar-refractivity contribution in [3.63, 3.8) is 0 Å². The molecule has 5 nitrogen and oxygen atoms in total. The molecule has 1 aliphatic heterocycles. The molecule has 1 fully saturated rings. The Kier molecular flexibility index (Phi) is 5.13. The Morgan fingerprint density at radius 2 is 1.72 bits per heavy atom. The summed E-state index contributed by atoms with van der Waals surface area (Å²) in [7, 11) is 0. The van der Waals surface area contributed by atoms with E-state index in [2.05, 4.69) is 4.98 Å². The van der Waals surface area contributed by atoms with Gasteiger partial charge in [0.2, 0.25) is 5.91 Å². The Balaban J connectivity index is 1.58. The van der Waals surface area contributed by atoms with Crippen molar-refractivity contribution in [1.82, 2.24) is 14.8 Å². The highest BCUT2D eigenvalue weighted by molar-refractivity contribution is 6.33. The van der Waals surface area contributed by atoms with Crippen LogP contribution in [-0.4, -0.2) is 52.8 Å². The summed E-state index contributed by atoms with van der Waals surface area (Å²) in [6, 6.07) is 9.08. The predicted molar refractivity (Wildman–Crippen MR) is 97.9 cm³/mol. The first-order valence-corrected chi connectivity index (χ1v) is 8.80. The maximum absolute atomic E-state index is 12.6. The molecule has 1 aromatic carbocycles. The normalized spacial score (nSPS) is 14.7. The van der Waals surface area contributed by atoms with Crippen molar-refractivity contribution >= 4 is 23.4 Å². The standard InChI is InChI=1S/C19H22ClN3O2/c1-13-11-15(14(2)21-13)12-18(24)22-7-9-23(10-8-22)19(25)16-5-3-4-6-17(16)20/h3-6,11,21H,7-10,12H2,1-2H3. The van der Waals surface area contributed by atoms with Crippen LogP contribution in [0.1, 0.15) is 27.3 Å². The van der Waals surface area contributed by atoms with Gasteiger partial charge in [0.25, 0.3) is 5.91 Å². The lowest BCUT2D eigenvalue weighted by Crippen LogP contribution is -2.51. The largest absolute Gasteiger partial charge is 0.362 e. The molecule has 0 unspecified atom stereocenters. The topological polar surface area (TPSA) is 56.4 Å². The zero-order chi connectivity index (χ0) is 18.0. The van der Waals surface area contributed by atoms with Gasteiger partial charge < -0.3 is 14.8 Å². The number of carbonyl (C=O) groups excluding carboxylic acids is 2. The first-order chi connectivity index (χ1) is 12.0. The molecular formula is C19H22ClN3O2. The second-order valence-electron chi connectivity index (χ2n) is 6.43. The van der Waals surface area contributed by atoms with E-state index >= 15 is 0 Å². The average Bonchev–Trinajstić information content (AvgIpc) is 2.92. The first-order valence-electron chi connectivity index (χ1n) is 8.42. The summed E-state index contributed by atoms with van der Waals surface area (Å²) < 4.78 is 0. The van der Waals surface area contributed by atoms with Gasteiger partial charge in [-0.3, -0.25) is 9.59 Å². The van der Waals surface area contributed by atoms with Gasteiger partial charge in [-0.1, -0.05) is 23.7 Å². The summed E-state index contributed by atoms with van der Waals surface area (Å²) in [4.78, 5) is 31.9. The monoisotopic (exact) mass is 359 g/mol. The van der Waals surface area contributed by atoms with Gasteiger partial charge in [-0.25, -0.2) is 0 Å². The van der Waals surface area contributed by atoms with E-state index in [4.69, 9.17) is 11.6 Å². The van der Waals surface area contributed by atoms with Gasteiger partial charge in [0.15, 0.2) is 0 Å². The number of nitrogens with one attached hydrogen (secondary N) is 1. The Morgan fingerprint density at radius 3 is 2.32 bits per heavy atom. The molecule has 132 valence electrons. The smallest absolute Gasteiger partial charge is 0.255 e. The Labute approximate surface area is 152 Å². The highest BCUT2D eigenvalue weighted by Crippen LogP contribution is 2.18. The third-order valence-electron chi connectivity index (χ3n) is 4.62. The molecule has 0 spiro atoms. The number of aromatic amines is 1. The van der Waals surface area contributed by atoms with Crippen molar-refractivity contribution in [3.05, 3.63) is 57.9 Å². The molecule has 0 atom stereocenters. The van der Waals surface area contributed by atoms with Crippen LogP contribution in [0.15, 0.2) is 30.3 Å². The average molecular weight is 360 g/mol. The minimum atomic E-state index is -0.0743. The fraction of sp³-hybridized carbons (Fsp3) is 0.368. The number of amides is 2. The number of H-pyrrole nitrogens is 1. The van der Waals surface area contributed by atoms with E-state index in [1.807, 2.05) is 24.8 Å². The highest BCUT2D eigenvalue weighted by Gasteiger charge is 2.26. The summed E-state index contributed by atoms with van der Waals surface area (Å²) in [6.07, 6.45) is 0.397. The number of nitrogens with zero attached hydrogens (tertiary/aromatic N) is 2. The van der Waals surface area contributed by atoms with Crippen LogP contribution < -0.4 is 0 Å². The van der Waals surface area contributed by atoms with Crippen LogP contribution in [0.25, 0.3) is 0 Å². The van der Waals surface area contributed by atoms with E-state index < -0.39 is 0 Å². The van der Waals surface area contributed by atoms with Crippen molar-refractivity contribution in [2.75, 3.05) is 26.2 Å². The summed E-state index contributed by atoms with van der Waals surface area (Å²) >= 11 is 6.11. The molecule has 3 rings (SSSR count). The Bertz CT molecular complexity index is 792. The van der Waals surface area contributed by atoms with Gasteiger partial charge in [0.1, 0.15) is 0 Å². The molecular weight excluding hydrogens is 338 g/mol. The van der Waals surface area contributed by atoms with Crippen LogP contribution in [-0.2, 0) is 11.2 Å². The maximum atomic E-state index is 12.6. The molecule has 2 aromatic rings. The van der Waals surface area contributed by atoms with E-state index in [0.29, 0.717) is 43.2 Å². The van der Waals surface area contributed by atoms with Crippen molar-refractivity contribution in [1.29, 1.82) is 0 Å². The van der Waals surface area contributed by atoms with E-state index in [1.165, 1.54) is 0 Å². The first kappa shape index (κ1) is 17.5. The maximum Gasteiger partial charge on any atom is 0.255 e. The minimum absolute atomic E-state index is 0.0743. The van der Waals surface area contributed by atoms with E-state index in [0.717, 1.165) is 17.0 Å². The third kappa shape index (κ3) is 3.87. The summed E-state index contributed by atoms with van der Waals surface area (Å²) in [5.41, 5.74) is 3.66. The summed E-state index contributed by atoms with van der Waals surface area (Å²) in [6.45, 7) is 6.13. The summed E-state index contributed by atoms with van der Waals surface area (Å²) in [5.74, 6) is 0.0294. The summed E-state index contributed by atoms with van der Waals surface area (Å²) in [5, 5.41) is 0.462. The molecule has 1 N–H and O–H groups in total. The molecule has 0 bridgehead atoms. The van der Waals surface area contributed by atoms with E-state index in [-0.39, 0.29) is 11.8 Å². The third-order valence-corrected chi connectivity index (χ3v) is 4.95. The molecule has 2 amide bonds. The lowest BCUT2D eigenvalue weighted by atomic mass is 10.1. The second-order valence-corrected chi connectivity index (χ2v) is 6.84. The van der Waals surface area contributed by atoms with Crippen LogP contribution in [0.3, 0.4) is 0 Å². The fourth-order valence-corrected chi connectivity index (χ4v) is 3.42. The van der Waals surface area contributed by atoms with Gasteiger partial charge in [0, 0.05) is 37.6 Å². The Morgan fingerprint density at radius 1 is 1.08 bits per heavy atom. The second kappa shape index (κ2) is 7.31. The molecule has 2 heterocycles. The molecule has 1 aromatic heterocycles. The van der Waals surface area contributed by atoms with E-state index in [9.17, 15) is 9.59 Å². The zero-order valence-corrected chi connectivity index (χ0v) is 15.3. The molecule has 1 saturated heterocycles. The van der Waals surface area contributed by atoms with Crippen LogP contribution in [0.5, 0.6) is 0 Å². The number of benzene rings is 1. The number of aromatic nitrogens is 1. The van der Waals surface area contributed by atoms with Crippen LogP contribution in [0, 0.1) is 13.8 Å². The van der Waals surface area contributed by atoms with Gasteiger partial charge in [-0.05, 0) is 37.6 Å². The van der Waals surface area contributed by atoms with Gasteiger partial charge in [0.05, 0.1) is 17.0 Å². The van der Waals surface area contributed by atoms with Crippen molar-refractivity contribution in [3.8, 4) is 0 Å². The molecule has 0 radical (unpaired) electrons. The number of hydrogen-bond acceptors (Lipinski definition) is 2. The van der Waals surface area contributed by atoms with E-state index in [1.54, 1.807) is 29.2 Å². The number of rotatable bonds is 3. The minimum Gasteiger partial charge on any atom is -0.362 e. The number of hydrogen-bond donors (Lipinski definition) is 1. The zero-order valence-electron chi connectivity index (χ0n) is 14.5. The molecule has 0 aliphatic carbocycles. The number of piperazine rings is 1. The van der Waals surface area contributed by atoms with Crippen molar-refractivity contribution in [2.24, 2.45) is 0 Å². The lowest BCUT2D eigenvalue weighted by Gasteiger charge is -2.35. The quantitative estimate of drug-likeness (QED) is 0.916. The SMILES string of the molecule is Cc1cc(CC(=O)N2CCN(C(=O)c3ccccc3Cl)CC2)c(C)[nH]1. The van der Waals surface area contributed by atoms with Gasteiger partial charge >= 0.3 is 0 Å². The van der Waals surface area contributed by atoms with Gasteiger partial charge in [-0.15, -0.1) is 0 Å². The molecule has 0 saturated carbocycles. The fourth-order valence-electron chi connectivity index (χ4n) is 3.20. The Hall–Kier alpha value is -2.27. The highest BCUT2D eigenvalue weighted by atomic mass is 35.5. The molecule has 25 heavy (non-hydrogen) atoms. The van der Waals surface area contributed by atoms with Crippen molar-refractivity contribution in [2.45, 2.75) is 20.3 Å². The number of aryl methyl sites for hydroxylation is 2.